The van der Waals surface area contributed by atoms with Crippen LogP contribution in [0.5, 0.6) is 0 Å². The first-order chi connectivity index (χ1) is 12.5. The topological polar surface area (TPSA) is 79.6 Å². The summed E-state index contributed by atoms with van der Waals surface area (Å²) in [5.41, 5.74) is 1.20. The van der Waals surface area contributed by atoms with Gasteiger partial charge in [0.15, 0.2) is 5.13 Å². The first-order valence-electron chi connectivity index (χ1n) is 8.02. The van der Waals surface area contributed by atoms with Gasteiger partial charge < -0.3 is 4.90 Å². The Balaban J connectivity index is 1.94. The van der Waals surface area contributed by atoms with Crippen molar-refractivity contribution in [3.05, 3.63) is 64.2 Å². The van der Waals surface area contributed by atoms with Crippen LogP contribution >= 0.6 is 11.3 Å². The zero-order valence-electron chi connectivity index (χ0n) is 14.5. The van der Waals surface area contributed by atoms with Crippen molar-refractivity contribution in [2.45, 2.75) is 0 Å². The smallest absolute Gasteiger partial charge is 0.269 e. The van der Waals surface area contributed by atoms with Crippen molar-refractivity contribution in [1.29, 1.82) is 0 Å². The van der Waals surface area contributed by atoms with E-state index >= 15 is 0 Å². The van der Waals surface area contributed by atoms with Gasteiger partial charge in [-0.05, 0) is 38.4 Å². The number of para-hydroxylation sites is 1. The van der Waals surface area contributed by atoms with Gasteiger partial charge in [-0.15, -0.1) is 0 Å². The largest absolute Gasteiger partial charge is 0.308 e. The first-order valence-corrected chi connectivity index (χ1v) is 8.84. The second-order valence-electron chi connectivity index (χ2n) is 6.03. The van der Waals surface area contributed by atoms with E-state index in [-0.39, 0.29) is 11.6 Å². The molecule has 0 aliphatic rings. The second kappa shape index (κ2) is 7.59. The molecule has 26 heavy (non-hydrogen) atoms. The van der Waals surface area contributed by atoms with Crippen LogP contribution in [0.1, 0.15) is 10.4 Å². The van der Waals surface area contributed by atoms with Gasteiger partial charge in [-0.3, -0.25) is 19.8 Å². The molecular weight excluding hydrogens is 352 g/mol. The molecule has 3 aromatic rings. The molecule has 3 rings (SSSR count). The summed E-state index contributed by atoms with van der Waals surface area (Å²) in [6, 6.07) is 13.4. The van der Waals surface area contributed by atoms with E-state index in [4.69, 9.17) is 0 Å². The van der Waals surface area contributed by atoms with E-state index in [0.717, 1.165) is 10.2 Å². The second-order valence-corrected chi connectivity index (χ2v) is 7.04. The summed E-state index contributed by atoms with van der Waals surface area (Å²) in [7, 11) is 3.87. The summed E-state index contributed by atoms with van der Waals surface area (Å²) in [6.45, 7) is 1.15. The van der Waals surface area contributed by atoms with Crippen molar-refractivity contribution in [3.8, 4) is 0 Å². The lowest BCUT2D eigenvalue weighted by atomic mass is 10.2. The van der Waals surface area contributed by atoms with Crippen LogP contribution in [-0.4, -0.2) is 47.9 Å². The molecule has 0 spiro atoms. The maximum atomic E-state index is 13.0. The highest BCUT2D eigenvalue weighted by atomic mass is 32.1. The average molecular weight is 370 g/mol. The molecule has 2 aromatic carbocycles. The van der Waals surface area contributed by atoms with E-state index in [0.29, 0.717) is 23.8 Å². The van der Waals surface area contributed by atoms with Crippen molar-refractivity contribution >= 4 is 38.3 Å². The fourth-order valence-corrected chi connectivity index (χ4v) is 3.43. The van der Waals surface area contributed by atoms with E-state index in [9.17, 15) is 14.9 Å². The van der Waals surface area contributed by atoms with Crippen LogP contribution in [0.4, 0.5) is 10.8 Å². The number of nitro benzene ring substituents is 1. The van der Waals surface area contributed by atoms with Gasteiger partial charge in [0.2, 0.25) is 0 Å². The van der Waals surface area contributed by atoms with Crippen molar-refractivity contribution < 1.29 is 9.72 Å². The van der Waals surface area contributed by atoms with Crippen molar-refractivity contribution in [3.63, 3.8) is 0 Å². The molecule has 0 fully saturated rings. The van der Waals surface area contributed by atoms with Crippen LogP contribution in [0.15, 0.2) is 48.5 Å². The minimum Gasteiger partial charge on any atom is -0.308 e. The summed E-state index contributed by atoms with van der Waals surface area (Å²) in [6.07, 6.45) is 0. The van der Waals surface area contributed by atoms with Crippen molar-refractivity contribution in [1.82, 2.24) is 9.88 Å². The lowest BCUT2D eigenvalue weighted by molar-refractivity contribution is -0.384. The maximum absolute atomic E-state index is 13.0. The quantitative estimate of drug-likeness (QED) is 0.491. The zero-order valence-corrected chi connectivity index (χ0v) is 15.3. The minimum atomic E-state index is -0.481. The third-order valence-electron chi connectivity index (χ3n) is 3.85. The molecule has 1 heterocycles. The molecule has 0 bridgehead atoms. The SMILES string of the molecule is CN(C)CCN(C(=O)c1ccc([N+](=O)[O-])cc1)c1nc2ccccc2s1. The molecule has 1 aromatic heterocycles. The predicted molar refractivity (Wildman–Crippen MR) is 103 cm³/mol. The van der Waals surface area contributed by atoms with E-state index in [2.05, 4.69) is 4.98 Å². The summed E-state index contributed by atoms with van der Waals surface area (Å²) in [5.74, 6) is -0.221. The highest BCUT2D eigenvalue weighted by Crippen LogP contribution is 2.29. The Kier molecular flexibility index (Phi) is 5.24. The summed E-state index contributed by atoms with van der Waals surface area (Å²) in [5, 5.41) is 11.4. The monoisotopic (exact) mass is 370 g/mol. The number of non-ortho nitro benzene ring substituents is 1. The van der Waals surface area contributed by atoms with Crippen molar-refractivity contribution in [2.75, 3.05) is 32.1 Å². The molecule has 1 amide bonds. The number of carbonyl (C=O) groups is 1. The Labute approximate surface area is 154 Å². The van der Waals surface area contributed by atoms with Crippen LogP contribution < -0.4 is 4.90 Å². The number of thiazole rings is 1. The highest BCUT2D eigenvalue weighted by Gasteiger charge is 2.22. The molecule has 0 N–H and O–H groups in total. The molecule has 0 saturated carbocycles. The molecule has 7 nitrogen and oxygen atoms in total. The third kappa shape index (κ3) is 3.87. The third-order valence-corrected chi connectivity index (χ3v) is 4.91. The minimum absolute atomic E-state index is 0.0404. The standard InChI is InChI=1S/C18H18N4O3S/c1-20(2)11-12-21(18-19-15-5-3-4-6-16(15)26-18)17(23)13-7-9-14(10-8-13)22(24)25/h3-10H,11-12H2,1-2H3. The number of aromatic nitrogens is 1. The Morgan fingerprint density at radius 2 is 1.81 bits per heavy atom. The number of likely N-dealkylation sites (N-methyl/N-ethyl adjacent to an activating group) is 1. The number of amides is 1. The Hall–Kier alpha value is -2.84. The number of carbonyl (C=O) groups excluding carboxylic acids is 1. The number of hydrogen-bond donors (Lipinski definition) is 0. The first kappa shape index (κ1) is 18.0. The molecule has 0 atom stereocenters. The molecular formula is C18H18N4O3S. The van der Waals surface area contributed by atoms with Gasteiger partial charge in [-0.25, -0.2) is 4.98 Å². The van der Waals surface area contributed by atoms with Crippen LogP contribution in [-0.2, 0) is 0 Å². The van der Waals surface area contributed by atoms with Crippen LogP contribution in [0.25, 0.3) is 10.2 Å². The van der Waals surface area contributed by atoms with Crippen molar-refractivity contribution in [2.24, 2.45) is 0 Å². The summed E-state index contributed by atoms with van der Waals surface area (Å²) in [4.78, 5) is 31.6. The fraction of sp³-hybridized carbons (Fsp3) is 0.222. The summed E-state index contributed by atoms with van der Waals surface area (Å²) >= 11 is 1.46. The molecule has 8 heteroatoms. The predicted octanol–water partition coefficient (Wildman–Crippen LogP) is 3.41. The number of hydrogen-bond acceptors (Lipinski definition) is 6. The lowest BCUT2D eigenvalue weighted by Crippen LogP contribution is -2.36. The van der Waals surface area contributed by atoms with E-state index < -0.39 is 4.92 Å². The van der Waals surface area contributed by atoms with Gasteiger partial charge >= 0.3 is 0 Å². The number of nitro groups is 1. The average Bonchev–Trinajstić information content (AvgIpc) is 3.05. The van der Waals surface area contributed by atoms with Crippen LogP contribution in [0.2, 0.25) is 0 Å². The number of rotatable bonds is 6. The number of nitrogens with zero attached hydrogens (tertiary/aromatic N) is 4. The normalized spacial score (nSPS) is 11.0. The molecule has 0 aliphatic heterocycles. The number of anilines is 1. The Morgan fingerprint density at radius 1 is 1.12 bits per heavy atom. The van der Waals surface area contributed by atoms with Crippen LogP contribution in [0.3, 0.4) is 0 Å². The molecule has 0 radical (unpaired) electrons. The van der Waals surface area contributed by atoms with Gasteiger partial charge in [0.05, 0.1) is 15.1 Å². The number of benzene rings is 2. The van der Waals surface area contributed by atoms with Gasteiger partial charge in [0.25, 0.3) is 11.6 Å². The van der Waals surface area contributed by atoms with Gasteiger partial charge in [-0.1, -0.05) is 23.5 Å². The zero-order chi connectivity index (χ0) is 18.7. The highest BCUT2D eigenvalue weighted by molar-refractivity contribution is 7.22. The Bertz CT molecular complexity index is 904. The molecule has 0 aliphatic carbocycles. The number of fused-ring (bicyclic) bond motifs is 1. The van der Waals surface area contributed by atoms with Gasteiger partial charge in [0, 0.05) is 30.8 Å². The maximum Gasteiger partial charge on any atom is 0.269 e. The molecule has 134 valence electrons. The Morgan fingerprint density at radius 3 is 2.42 bits per heavy atom. The lowest BCUT2D eigenvalue weighted by Gasteiger charge is -2.22. The van der Waals surface area contributed by atoms with Gasteiger partial charge in [0.1, 0.15) is 0 Å². The molecule has 0 saturated heterocycles. The summed E-state index contributed by atoms with van der Waals surface area (Å²) < 4.78 is 1.01. The molecule has 0 unspecified atom stereocenters. The fourth-order valence-electron chi connectivity index (χ4n) is 2.44. The van der Waals surface area contributed by atoms with E-state index in [1.807, 2.05) is 43.3 Å². The van der Waals surface area contributed by atoms with E-state index in [1.54, 1.807) is 4.90 Å². The van der Waals surface area contributed by atoms with Gasteiger partial charge in [-0.2, -0.15) is 0 Å². The van der Waals surface area contributed by atoms with Crippen LogP contribution in [0, 0.1) is 10.1 Å². The van der Waals surface area contributed by atoms with E-state index in [1.165, 1.54) is 35.6 Å².